The van der Waals surface area contributed by atoms with E-state index in [1.54, 1.807) is 0 Å². The van der Waals surface area contributed by atoms with E-state index in [9.17, 15) is 0 Å². The Hall–Kier alpha value is -2.24. The van der Waals surface area contributed by atoms with E-state index in [0.717, 1.165) is 59.5 Å². The third-order valence-electron chi connectivity index (χ3n) is 5.25. The van der Waals surface area contributed by atoms with E-state index in [1.165, 1.54) is 0 Å². The molecule has 2 heterocycles. The van der Waals surface area contributed by atoms with E-state index >= 15 is 0 Å². The highest BCUT2D eigenvalue weighted by atomic mass is 35.5. The maximum atomic E-state index is 6.13. The Labute approximate surface area is 165 Å². The molecule has 142 valence electrons. The van der Waals surface area contributed by atoms with Gasteiger partial charge in [0.2, 0.25) is 0 Å². The highest BCUT2D eigenvalue weighted by Gasteiger charge is 2.41. The van der Waals surface area contributed by atoms with Crippen molar-refractivity contribution in [1.82, 2.24) is 5.32 Å². The van der Waals surface area contributed by atoms with Gasteiger partial charge in [-0.1, -0.05) is 29.8 Å². The van der Waals surface area contributed by atoms with Crippen LogP contribution in [0.4, 0.5) is 17.1 Å². The van der Waals surface area contributed by atoms with Crippen LogP contribution in [0.25, 0.3) is 0 Å². The molecule has 0 saturated carbocycles. The first-order chi connectivity index (χ1) is 13.1. The van der Waals surface area contributed by atoms with Gasteiger partial charge in [0.25, 0.3) is 0 Å². The van der Waals surface area contributed by atoms with Crippen molar-refractivity contribution in [2.45, 2.75) is 24.9 Å². The van der Waals surface area contributed by atoms with Crippen LogP contribution in [0.15, 0.2) is 47.5 Å². The maximum Gasteiger partial charge on any atom is 0.129 e. The molecular formula is C21H25ClN4O. The predicted molar refractivity (Wildman–Crippen MR) is 113 cm³/mol. The highest BCUT2D eigenvalue weighted by molar-refractivity contribution is 6.30. The fourth-order valence-electron chi connectivity index (χ4n) is 3.77. The van der Waals surface area contributed by atoms with Crippen LogP contribution in [0.3, 0.4) is 0 Å². The van der Waals surface area contributed by atoms with Gasteiger partial charge in [-0.25, -0.2) is 4.99 Å². The quantitative estimate of drug-likeness (QED) is 0.832. The third kappa shape index (κ3) is 3.62. The van der Waals surface area contributed by atoms with Gasteiger partial charge in [0, 0.05) is 51.7 Å². The van der Waals surface area contributed by atoms with Gasteiger partial charge in [0.05, 0.1) is 22.6 Å². The van der Waals surface area contributed by atoms with Crippen LogP contribution in [-0.4, -0.2) is 38.7 Å². The number of hydrogen-bond donors (Lipinski definition) is 2. The normalized spacial score (nSPS) is 17.7. The number of aliphatic imine (C=N–C) groups is 1. The molecule has 5 nitrogen and oxygen atoms in total. The number of benzene rings is 2. The Kier molecular flexibility index (Phi) is 4.98. The molecule has 6 heteroatoms. The standard InChI is InChI=1S/C21H25ClN4O/c1-26(2)18-8-4-7-17-19(18)25-21(9-11-27-12-10-21)20(24-17)23-14-15-5-3-6-16(22)13-15/h3-8,13,25H,9-12,14H2,1-2H3,(H,23,24). The summed E-state index contributed by atoms with van der Waals surface area (Å²) >= 11 is 6.13. The van der Waals surface area contributed by atoms with Crippen LogP contribution >= 0.6 is 11.6 Å². The van der Waals surface area contributed by atoms with Gasteiger partial charge >= 0.3 is 0 Å². The van der Waals surface area contributed by atoms with Gasteiger partial charge in [0.1, 0.15) is 5.84 Å². The van der Waals surface area contributed by atoms with Crippen molar-refractivity contribution < 1.29 is 4.74 Å². The summed E-state index contributed by atoms with van der Waals surface area (Å²) in [5.74, 6) is 0.981. The number of anilines is 2. The largest absolute Gasteiger partial charge is 0.381 e. The number of ether oxygens (including phenoxy) is 1. The van der Waals surface area contributed by atoms with E-state index in [2.05, 4.69) is 53.9 Å². The maximum absolute atomic E-state index is 6.13. The number of para-hydroxylation sites is 1. The second kappa shape index (κ2) is 7.41. The van der Waals surface area contributed by atoms with E-state index in [0.29, 0.717) is 6.54 Å². The van der Waals surface area contributed by atoms with Crippen LogP contribution in [-0.2, 0) is 11.3 Å². The van der Waals surface area contributed by atoms with Crippen LogP contribution in [0, 0.1) is 0 Å². The fourth-order valence-corrected chi connectivity index (χ4v) is 3.98. The molecule has 2 aromatic carbocycles. The number of hydrogen-bond acceptors (Lipinski definition) is 5. The molecule has 0 unspecified atom stereocenters. The van der Waals surface area contributed by atoms with Crippen molar-refractivity contribution in [3.8, 4) is 0 Å². The van der Waals surface area contributed by atoms with Crippen molar-refractivity contribution in [3.05, 3.63) is 53.1 Å². The molecule has 1 fully saturated rings. The van der Waals surface area contributed by atoms with Gasteiger partial charge in [-0.05, 0) is 29.8 Å². The average molecular weight is 385 g/mol. The summed E-state index contributed by atoms with van der Waals surface area (Å²) in [6, 6.07) is 14.2. The smallest absolute Gasteiger partial charge is 0.129 e. The molecule has 2 N–H and O–H groups in total. The van der Waals surface area contributed by atoms with Crippen molar-refractivity contribution in [2.24, 2.45) is 4.99 Å². The van der Waals surface area contributed by atoms with Crippen LogP contribution in [0.1, 0.15) is 18.4 Å². The molecule has 27 heavy (non-hydrogen) atoms. The number of amidine groups is 1. The summed E-state index contributed by atoms with van der Waals surface area (Å²) in [5, 5.41) is 8.14. The molecule has 0 amide bonds. The minimum Gasteiger partial charge on any atom is -0.381 e. The molecule has 0 aliphatic carbocycles. The predicted octanol–water partition coefficient (Wildman–Crippen LogP) is 4.20. The Morgan fingerprint density at radius 2 is 1.96 bits per heavy atom. The van der Waals surface area contributed by atoms with Crippen LogP contribution in [0.5, 0.6) is 0 Å². The summed E-state index contributed by atoms with van der Waals surface area (Å²) in [7, 11) is 4.12. The Morgan fingerprint density at radius 1 is 1.19 bits per heavy atom. The van der Waals surface area contributed by atoms with Crippen molar-refractivity contribution >= 4 is 34.5 Å². The topological polar surface area (TPSA) is 48.9 Å². The number of nitrogens with one attached hydrogen (secondary N) is 2. The van der Waals surface area contributed by atoms with E-state index in [1.807, 2.05) is 18.2 Å². The molecule has 0 bridgehead atoms. The van der Waals surface area contributed by atoms with Crippen LogP contribution < -0.4 is 15.5 Å². The van der Waals surface area contributed by atoms with Gasteiger partial charge in [0.15, 0.2) is 0 Å². The molecule has 2 aliphatic heterocycles. The zero-order valence-electron chi connectivity index (χ0n) is 15.8. The Morgan fingerprint density at radius 3 is 2.70 bits per heavy atom. The lowest BCUT2D eigenvalue weighted by molar-refractivity contribution is 0.0771. The van der Waals surface area contributed by atoms with Gasteiger partial charge in [-0.2, -0.15) is 0 Å². The van der Waals surface area contributed by atoms with Crippen molar-refractivity contribution in [3.63, 3.8) is 0 Å². The fraction of sp³-hybridized carbons (Fsp3) is 0.381. The Balaban J connectivity index is 1.68. The third-order valence-corrected chi connectivity index (χ3v) is 5.48. The monoisotopic (exact) mass is 384 g/mol. The van der Waals surface area contributed by atoms with Gasteiger partial charge < -0.3 is 20.3 Å². The first kappa shape index (κ1) is 18.1. The van der Waals surface area contributed by atoms with E-state index in [-0.39, 0.29) is 5.54 Å². The second-order valence-electron chi connectivity index (χ2n) is 7.33. The first-order valence-electron chi connectivity index (χ1n) is 9.31. The number of halogens is 1. The van der Waals surface area contributed by atoms with Crippen LogP contribution in [0.2, 0.25) is 5.02 Å². The minimum atomic E-state index is -0.226. The van der Waals surface area contributed by atoms with Gasteiger partial charge in [-0.3, -0.25) is 0 Å². The lowest BCUT2D eigenvalue weighted by Gasteiger charge is -2.43. The SMILES string of the molecule is CN(C)c1cccc2c1NC1(CCOCC1)C(NCc1cccc(Cl)c1)=N2. The summed E-state index contributed by atoms with van der Waals surface area (Å²) in [6.07, 6.45) is 1.77. The van der Waals surface area contributed by atoms with Crippen molar-refractivity contribution in [2.75, 3.05) is 37.5 Å². The van der Waals surface area contributed by atoms with E-state index in [4.69, 9.17) is 21.3 Å². The number of fused-ring (bicyclic) bond motifs is 1. The molecule has 2 aliphatic rings. The lowest BCUT2D eigenvalue weighted by Crippen LogP contribution is -2.56. The summed E-state index contributed by atoms with van der Waals surface area (Å²) in [4.78, 5) is 7.15. The van der Waals surface area contributed by atoms with Gasteiger partial charge in [-0.15, -0.1) is 0 Å². The number of nitrogens with zero attached hydrogens (tertiary/aromatic N) is 2. The highest BCUT2D eigenvalue weighted by Crippen LogP contribution is 2.42. The Bertz CT molecular complexity index is 859. The molecule has 0 atom stereocenters. The molecule has 1 saturated heterocycles. The lowest BCUT2D eigenvalue weighted by atomic mass is 9.86. The summed E-state index contributed by atoms with van der Waals surface area (Å²) in [5.41, 5.74) is 4.12. The molecule has 0 radical (unpaired) electrons. The second-order valence-corrected chi connectivity index (χ2v) is 7.77. The average Bonchev–Trinajstić information content (AvgIpc) is 2.66. The molecule has 0 aromatic heterocycles. The van der Waals surface area contributed by atoms with E-state index < -0.39 is 0 Å². The molecule has 2 aromatic rings. The molecule has 4 rings (SSSR count). The zero-order chi connectivity index (χ0) is 18.9. The summed E-state index contributed by atoms with van der Waals surface area (Å²) < 4.78 is 5.64. The minimum absolute atomic E-state index is 0.226. The molecule has 1 spiro atoms. The number of rotatable bonds is 3. The summed E-state index contributed by atoms with van der Waals surface area (Å²) in [6.45, 7) is 2.14. The zero-order valence-corrected chi connectivity index (χ0v) is 16.5. The van der Waals surface area contributed by atoms with Crippen molar-refractivity contribution in [1.29, 1.82) is 0 Å². The molecular weight excluding hydrogens is 360 g/mol. The first-order valence-corrected chi connectivity index (χ1v) is 9.69.